The number of carbonyl (C=O) groups is 3. The number of benzene rings is 2. The highest BCUT2D eigenvalue weighted by atomic mass is 35.5. The van der Waals surface area contributed by atoms with Crippen LogP contribution in [0, 0.1) is 5.82 Å². The number of fused-ring (bicyclic) bond motifs is 1. The number of carbonyl (C=O) groups excluding carboxylic acids is 3. The van der Waals surface area contributed by atoms with Crippen LogP contribution in [-0.2, 0) is 17.8 Å². The van der Waals surface area contributed by atoms with Crippen molar-refractivity contribution in [2.75, 3.05) is 5.32 Å². The Morgan fingerprint density at radius 1 is 1.16 bits per heavy atom. The second-order valence-electron chi connectivity index (χ2n) is 7.33. The predicted octanol–water partition coefficient (Wildman–Crippen LogP) is 3.18. The van der Waals surface area contributed by atoms with Gasteiger partial charge in [-0.2, -0.15) is 0 Å². The molecule has 2 heterocycles. The number of hydrogen-bond acceptors (Lipinski definition) is 4. The third-order valence-corrected chi connectivity index (χ3v) is 5.43. The Balaban J connectivity index is 1.75. The Labute approximate surface area is 188 Å². The number of halogens is 2. The Morgan fingerprint density at radius 3 is 2.66 bits per heavy atom. The Morgan fingerprint density at radius 2 is 1.97 bits per heavy atom. The van der Waals surface area contributed by atoms with Crippen LogP contribution in [0.1, 0.15) is 32.0 Å². The van der Waals surface area contributed by atoms with E-state index in [1.165, 1.54) is 29.2 Å². The monoisotopic (exact) mass is 452 g/mol. The summed E-state index contributed by atoms with van der Waals surface area (Å²) < 4.78 is 14.3. The smallest absolute Gasteiger partial charge is 0.256 e. The maximum atomic E-state index is 14.3. The molecule has 0 aliphatic carbocycles. The molecule has 0 spiro atoms. The molecule has 1 aliphatic rings. The first-order chi connectivity index (χ1) is 15.3. The summed E-state index contributed by atoms with van der Waals surface area (Å²) in [5.74, 6) is -2.53. The first-order valence-electron chi connectivity index (χ1n) is 9.73. The zero-order chi connectivity index (χ0) is 22.8. The van der Waals surface area contributed by atoms with Gasteiger partial charge >= 0.3 is 0 Å². The van der Waals surface area contributed by atoms with Gasteiger partial charge in [0.25, 0.3) is 11.8 Å². The second kappa shape index (κ2) is 8.76. The van der Waals surface area contributed by atoms with Gasteiger partial charge in [-0.15, -0.1) is 0 Å². The largest absolute Gasteiger partial charge is 0.366 e. The SMILES string of the molecule is NC(=O)c1ccc(CN2C(=O)c3ccc(Cl)cc3NC(=O)[C@H]2Cc2ccccn2)cc1F. The fourth-order valence-corrected chi connectivity index (χ4v) is 3.79. The number of primary amides is 1. The van der Waals surface area contributed by atoms with Crippen LogP contribution in [0.25, 0.3) is 0 Å². The molecule has 0 saturated heterocycles. The third-order valence-electron chi connectivity index (χ3n) is 5.19. The highest BCUT2D eigenvalue weighted by molar-refractivity contribution is 6.31. The van der Waals surface area contributed by atoms with Gasteiger partial charge in [-0.05, 0) is 48.0 Å². The molecule has 2 aromatic carbocycles. The summed E-state index contributed by atoms with van der Waals surface area (Å²) in [6.45, 7) is -0.0677. The van der Waals surface area contributed by atoms with Gasteiger partial charge in [-0.25, -0.2) is 4.39 Å². The lowest BCUT2D eigenvalue weighted by molar-refractivity contribution is -0.120. The molecule has 9 heteroatoms. The van der Waals surface area contributed by atoms with Crippen LogP contribution in [0.15, 0.2) is 60.8 Å². The Kier molecular flexibility index (Phi) is 5.87. The second-order valence-corrected chi connectivity index (χ2v) is 7.77. The molecule has 162 valence electrons. The molecule has 4 rings (SSSR count). The average molecular weight is 453 g/mol. The molecule has 0 saturated carbocycles. The number of nitrogens with one attached hydrogen (secondary N) is 1. The third kappa shape index (κ3) is 4.31. The van der Waals surface area contributed by atoms with E-state index in [-0.39, 0.29) is 24.1 Å². The number of nitrogens with zero attached hydrogens (tertiary/aromatic N) is 2. The molecular weight excluding hydrogens is 435 g/mol. The Hall–Kier alpha value is -3.78. The van der Waals surface area contributed by atoms with Gasteiger partial charge < -0.3 is 16.0 Å². The minimum atomic E-state index is -0.914. The van der Waals surface area contributed by atoms with E-state index in [0.29, 0.717) is 22.0 Å². The van der Waals surface area contributed by atoms with E-state index in [1.807, 2.05) is 0 Å². The van der Waals surface area contributed by atoms with Crippen molar-refractivity contribution in [1.82, 2.24) is 9.88 Å². The number of hydrogen-bond donors (Lipinski definition) is 2. The lowest BCUT2D eigenvalue weighted by atomic mass is 10.0. The van der Waals surface area contributed by atoms with Crippen molar-refractivity contribution in [1.29, 1.82) is 0 Å². The van der Waals surface area contributed by atoms with Gasteiger partial charge in [0, 0.05) is 29.9 Å². The molecule has 3 aromatic rings. The summed E-state index contributed by atoms with van der Waals surface area (Å²) in [5, 5.41) is 3.14. The highest BCUT2D eigenvalue weighted by Gasteiger charge is 2.36. The summed E-state index contributed by atoms with van der Waals surface area (Å²) in [7, 11) is 0. The molecule has 0 unspecified atom stereocenters. The number of nitrogens with two attached hydrogens (primary N) is 1. The van der Waals surface area contributed by atoms with Gasteiger partial charge in [-0.1, -0.05) is 23.7 Å². The summed E-state index contributed by atoms with van der Waals surface area (Å²) >= 11 is 6.05. The first kappa shape index (κ1) is 21.5. The molecular formula is C23H18ClFN4O3. The maximum Gasteiger partial charge on any atom is 0.256 e. The molecule has 1 atom stereocenters. The molecule has 3 N–H and O–H groups in total. The minimum Gasteiger partial charge on any atom is -0.366 e. The number of amides is 3. The summed E-state index contributed by atoms with van der Waals surface area (Å²) in [6, 6.07) is 12.9. The quantitative estimate of drug-likeness (QED) is 0.620. The van der Waals surface area contributed by atoms with E-state index in [2.05, 4.69) is 10.3 Å². The normalized spacial score (nSPS) is 15.7. The van der Waals surface area contributed by atoms with Crippen molar-refractivity contribution in [2.45, 2.75) is 19.0 Å². The minimum absolute atomic E-state index is 0.0677. The maximum absolute atomic E-state index is 14.3. The molecule has 0 radical (unpaired) electrons. The molecule has 0 fully saturated rings. The van der Waals surface area contributed by atoms with Crippen LogP contribution < -0.4 is 11.1 Å². The van der Waals surface area contributed by atoms with E-state index in [4.69, 9.17) is 17.3 Å². The molecule has 0 bridgehead atoms. The molecule has 1 aromatic heterocycles. The summed E-state index contributed by atoms with van der Waals surface area (Å²) in [6.07, 6.45) is 1.75. The van der Waals surface area contributed by atoms with Gasteiger partial charge in [-0.3, -0.25) is 19.4 Å². The number of anilines is 1. The number of pyridine rings is 1. The van der Waals surface area contributed by atoms with Crippen molar-refractivity contribution >= 4 is 35.0 Å². The van der Waals surface area contributed by atoms with Crippen LogP contribution in [0.5, 0.6) is 0 Å². The van der Waals surface area contributed by atoms with Crippen molar-refractivity contribution in [3.8, 4) is 0 Å². The van der Waals surface area contributed by atoms with E-state index < -0.39 is 29.6 Å². The fraction of sp³-hybridized carbons (Fsp3) is 0.130. The average Bonchev–Trinajstić information content (AvgIpc) is 2.84. The van der Waals surface area contributed by atoms with E-state index in [9.17, 15) is 18.8 Å². The lowest BCUT2D eigenvalue weighted by Gasteiger charge is -2.29. The molecule has 1 aliphatic heterocycles. The lowest BCUT2D eigenvalue weighted by Crippen LogP contribution is -2.46. The van der Waals surface area contributed by atoms with Crippen molar-refractivity contribution in [2.24, 2.45) is 5.73 Å². The van der Waals surface area contributed by atoms with E-state index in [0.717, 1.165) is 6.07 Å². The zero-order valence-corrected chi connectivity index (χ0v) is 17.5. The van der Waals surface area contributed by atoms with Crippen LogP contribution in [0.2, 0.25) is 5.02 Å². The van der Waals surface area contributed by atoms with Gasteiger partial charge in [0.2, 0.25) is 5.91 Å². The number of aromatic nitrogens is 1. The van der Waals surface area contributed by atoms with Crippen molar-refractivity contribution < 1.29 is 18.8 Å². The van der Waals surface area contributed by atoms with Gasteiger partial charge in [0.05, 0.1) is 16.8 Å². The number of rotatable bonds is 5. The summed E-state index contributed by atoms with van der Waals surface area (Å²) in [4.78, 5) is 43.6. The predicted molar refractivity (Wildman–Crippen MR) is 117 cm³/mol. The van der Waals surface area contributed by atoms with E-state index >= 15 is 0 Å². The van der Waals surface area contributed by atoms with Crippen molar-refractivity contribution in [3.63, 3.8) is 0 Å². The van der Waals surface area contributed by atoms with Crippen molar-refractivity contribution in [3.05, 3.63) is 94.0 Å². The van der Waals surface area contributed by atoms with Crippen LogP contribution in [0.3, 0.4) is 0 Å². The topological polar surface area (TPSA) is 105 Å². The van der Waals surface area contributed by atoms with Crippen LogP contribution in [0.4, 0.5) is 10.1 Å². The van der Waals surface area contributed by atoms with E-state index in [1.54, 1.807) is 30.5 Å². The molecule has 3 amide bonds. The molecule has 32 heavy (non-hydrogen) atoms. The van der Waals surface area contributed by atoms with Crippen LogP contribution >= 0.6 is 11.6 Å². The highest BCUT2D eigenvalue weighted by Crippen LogP contribution is 2.29. The first-order valence-corrected chi connectivity index (χ1v) is 10.1. The summed E-state index contributed by atoms with van der Waals surface area (Å²) in [5.41, 5.74) is 6.50. The molecule has 7 nitrogen and oxygen atoms in total. The fourth-order valence-electron chi connectivity index (χ4n) is 3.62. The Bertz CT molecular complexity index is 1220. The van der Waals surface area contributed by atoms with Gasteiger partial charge in [0.1, 0.15) is 11.9 Å². The zero-order valence-electron chi connectivity index (χ0n) is 16.7. The standard InChI is InChI=1S/C23H18ClFN4O3/c24-14-5-7-17-19(10-14)28-22(31)20(11-15-3-1-2-8-27-15)29(23(17)32)12-13-4-6-16(21(26)30)18(25)9-13/h1-10,20H,11-12H2,(H2,26,30)(H,28,31)/t20-/m1/s1. The van der Waals surface area contributed by atoms with Crippen LogP contribution in [-0.4, -0.2) is 33.6 Å². The van der Waals surface area contributed by atoms with Gasteiger partial charge in [0.15, 0.2) is 0 Å².